The van der Waals surface area contributed by atoms with Gasteiger partial charge < -0.3 is 4.74 Å². The van der Waals surface area contributed by atoms with Gasteiger partial charge in [0.25, 0.3) is 0 Å². The molecule has 2 rings (SSSR count). The van der Waals surface area contributed by atoms with Gasteiger partial charge in [-0.05, 0) is 36.4 Å². The van der Waals surface area contributed by atoms with Gasteiger partial charge in [-0.2, -0.15) is 0 Å². The molecule has 4 heteroatoms. The summed E-state index contributed by atoms with van der Waals surface area (Å²) in [6.07, 6.45) is 2.90. The van der Waals surface area contributed by atoms with Crippen molar-refractivity contribution >= 4 is 23.4 Å². The van der Waals surface area contributed by atoms with Crippen LogP contribution in [0.3, 0.4) is 0 Å². The molecule has 1 aromatic carbocycles. The Balaban J connectivity index is 2.32. The number of alkyl halides is 1. The number of aromatic nitrogens is 1. The van der Waals surface area contributed by atoms with E-state index in [2.05, 4.69) is 11.9 Å². The molecule has 0 aliphatic heterocycles. The zero-order chi connectivity index (χ0) is 13.7. The van der Waals surface area contributed by atoms with Crippen LogP contribution in [0.2, 0.25) is 0 Å². The van der Waals surface area contributed by atoms with Crippen LogP contribution in [0.1, 0.15) is 18.2 Å². The molecule has 0 bridgehead atoms. The molecule has 19 heavy (non-hydrogen) atoms. The van der Waals surface area contributed by atoms with Gasteiger partial charge in [-0.3, -0.25) is 0 Å². The predicted molar refractivity (Wildman–Crippen MR) is 81.5 cm³/mol. The highest BCUT2D eigenvalue weighted by Crippen LogP contribution is 2.31. The van der Waals surface area contributed by atoms with E-state index in [4.69, 9.17) is 16.3 Å². The molecule has 0 saturated heterocycles. The number of ether oxygens (including phenoxy) is 1. The summed E-state index contributed by atoms with van der Waals surface area (Å²) in [7, 11) is 0. The molecule has 2 nitrogen and oxygen atoms in total. The average molecular weight is 294 g/mol. The van der Waals surface area contributed by atoms with Crippen LogP contribution >= 0.6 is 23.4 Å². The first kappa shape index (κ1) is 14.2. The van der Waals surface area contributed by atoms with E-state index in [1.807, 2.05) is 42.7 Å². The van der Waals surface area contributed by atoms with Crippen molar-refractivity contribution in [3.63, 3.8) is 0 Å². The van der Waals surface area contributed by atoms with Crippen molar-refractivity contribution in [1.82, 2.24) is 4.98 Å². The second-order valence-corrected chi connectivity index (χ2v) is 5.16. The number of aryl methyl sites for hydroxylation is 1. The van der Waals surface area contributed by atoms with E-state index in [1.165, 1.54) is 0 Å². The molecule has 0 aliphatic carbocycles. The van der Waals surface area contributed by atoms with E-state index in [0.717, 1.165) is 28.3 Å². The van der Waals surface area contributed by atoms with Crippen LogP contribution in [0.25, 0.3) is 0 Å². The molecule has 0 saturated carbocycles. The number of thioether (sulfide) groups is 1. The Bertz CT molecular complexity index is 537. The van der Waals surface area contributed by atoms with Crippen molar-refractivity contribution in [2.45, 2.75) is 24.1 Å². The van der Waals surface area contributed by atoms with Crippen LogP contribution < -0.4 is 4.74 Å². The molecule has 0 spiro atoms. The first-order chi connectivity index (χ1) is 9.26. The molecular formula is C15H16ClNOS. The maximum Gasteiger partial charge on any atom is 0.219 e. The minimum atomic E-state index is 0.468. The zero-order valence-electron chi connectivity index (χ0n) is 11.0. The van der Waals surface area contributed by atoms with Gasteiger partial charge in [-0.15, -0.1) is 23.4 Å². The molecule has 2 aromatic rings. The van der Waals surface area contributed by atoms with Crippen LogP contribution in [0.5, 0.6) is 11.6 Å². The maximum absolute atomic E-state index is 5.90. The highest BCUT2D eigenvalue weighted by molar-refractivity contribution is 7.98. The molecule has 1 heterocycles. The lowest BCUT2D eigenvalue weighted by Crippen LogP contribution is -1.95. The van der Waals surface area contributed by atoms with Gasteiger partial charge in [-0.1, -0.05) is 19.1 Å². The van der Waals surface area contributed by atoms with Gasteiger partial charge in [-0.25, -0.2) is 4.98 Å². The molecule has 0 amide bonds. The number of para-hydroxylation sites is 1. The van der Waals surface area contributed by atoms with Crippen molar-refractivity contribution in [1.29, 1.82) is 0 Å². The fraction of sp³-hybridized carbons (Fsp3) is 0.267. The number of nitrogens with zero attached hydrogens (tertiary/aromatic N) is 1. The summed E-state index contributed by atoms with van der Waals surface area (Å²) in [5, 5.41) is 0. The fourth-order valence-electron chi connectivity index (χ4n) is 1.75. The molecule has 0 unspecified atom stereocenters. The van der Waals surface area contributed by atoms with Crippen molar-refractivity contribution in [3.8, 4) is 11.6 Å². The molecule has 0 fully saturated rings. The van der Waals surface area contributed by atoms with Gasteiger partial charge in [0, 0.05) is 22.5 Å². The van der Waals surface area contributed by atoms with Crippen molar-refractivity contribution in [2.24, 2.45) is 0 Å². The van der Waals surface area contributed by atoms with E-state index in [0.29, 0.717) is 11.8 Å². The first-order valence-electron chi connectivity index (χ1n) is 6.13. The predicted octanol–water partition coefficient (Wildman–Crippen LogP) is 4.90. The van der Waals surface area contributed by atoms with Gasteiger partial charge in [0.1, 0.15) is 5.75 Å². The van der Waals surface area contributed by atoms with E-state index >= 15 is 0 Å². The Morgan fingerprint density at radius 1 is 1.26 bits per heavy atom. The molecule has 100 valence electrons. The van der Waals surface area contributed by atoms with Crippen LogP contribution in [0.4, 0.5) is 0 Å². The minimum absolute atomic E-state index is 0.468. The monoisotopic (exact) mass is 293 g/mol. The van der Waals surface area contributed by atoms with Gasteiger partial charge in [0.15, 0.2) is 0 Å². The van der Waals surface area contributed by atoms with E-state index in [9.17, 15) is 0 Å². The summed E-state index contributed by atoms with van der Waals surface area (Å²) in [6.45, 7) is 2.07. The second-order valence-electron chi connectivity index (χ2n) is 4.05. The topological polar surface area (TPSA) is 22.1 Å². The molecule has 1 aromatic heterocycles. The van der Waals surface area contributed by atoms with Crippen molar-refractivity contribution in [2.75, 3.05) is 6.26 Å². The van der Waals surface area contributed by atoms with Gasteiger partial charge in [0.05, 0.1) is 0 Å². The molecule has 0 aliphatic rings. The summed E-state index contributed by atoms with van der Waals surface area (Å²) in [6, 6.07) is 11.8. The summed E-state index contributed by atoms with van der Waals surface area (Å²) in [4.78, 5) is 5.58. The number of hydrogen-bond donors (Lipinski definition) is 0. The van der Waals surface area contributed by atoms with Crippen LogP contribution in [0.15, 0.2) is 41.3 Å². The fourth-order valence-corrected chi connectivity index (χ4v) is 2.43. The normalized spacial score (nSPS) is 10.5. The minimum Gasteiger partial charge on any atom is -0.438 e. The summed E-state index contributed by atoms with van der Waals surface area (Å²) in [5.41, 5.74) is 2.03. The lowest BCUT2D eigenvalue weighted by molar-refractivity contribution is 0.450. The summed E-state index contributed by atoms with van der Waals surface area (Å²) in [5.74, 6) is 1.91. The SMILES string of the molecule is CCc1cc(CCl)cc(Oc2ccccc2SC)n1. The molecule has 0 N–H and O–H groups in total. The number of hydrogen-bond acceptors (Lipinski definition) is 3. The Morgan fingerprint density at radius 2 is 2.05 bits per heavy atom. The Labute approximate surface area is 123 Å². The number of pyridine rings is 1. The van der Waals surface area contributed by atoms with Crippen LogP contribution in [0, 0.1) is 0 Å². The van der Waals surface area contributed by atoms with Gasteiger partial charge >= 0.3 is 0 Å². The van der Waals surface area contributed by atoms with Gasteiger partial charge in [0.2, 0.25) is 5.88 Å². The third-order valence-electron chi connectivity index (χ3n) is 2.71. The van der Waals surface area contributed by atoms with E-state index < -0.39 is 0 Å². The summed E-state index contributed by atoms with van der Waals surface area (Å²) >= 11 is 7.56. The number of halogens is 1. The number of benzene rings is 1. The van der Waals surface area contributed by atoms with Crippen molar-refractivity contribution < 1.29 is 4.74 Å². The van der Waals surface area contributed by atoms with Crippen molar-refractivity contribution in [3.05, 3.63) is 47.7 Å². The average Bonchev–Trinajstić information content (AvgIpc) is 2.47. The Kier molecular flexibility index (Phi) is 5.11. The lowest BCUT2D eigenvalue weighted by Gasteiger charge is -2.10. The zero-order valence-corrected chi connectivity index (χ0v) is 12.6. The maximum atomic E-state index is 5.90. The molecule has 0 radical (unpaired) electrons. The van der Waals surface area contributed by atoms with E-state index in [-0.39, 0.29) is 0 Å². The highest BCUT2D eigenvalue weighted by atomic mass is 35.5. The Morgan fingerprint density at radius 3 is 2.74 bits per heavy atom. The summed E-state index contributed by atoms with van der Waals surface area (Å²) < 4.78 is 5.89. The lowest BCUT2D eigenvalue weighted by atomic mass is 10.2. The molecular weight excluding hydrogens is 278 g/mol. The number of rotatable bonds is 5. The van der Waals surface area contributed by atoms with Crippen LogP contribution in [-0.4, -0.2) is 11.2 Å². The van der Waals surface area contributed by atoms with E-state index in [1.54, 1.807) is 11.8 Å². The third kappa shape index (κ3) is 3.64. The first-order valence-corrected chi connectivity index (χ1v) is 7.89. The third-order valence-corrected chi connectivity index (χ3v) is 3.80. The quantitative estimate of drug-likeness (QED) is 0.578. The second kappa shape index (κ2) is 6.83. The smallest absolute Gasteiger partial charge is 0.219 e. The largest absolute Gasteiger partial charge is 0.438 e. The molecule has 0 atom stereocenters. The standard InChI is InChI=1S/C15H16ClNOS/c1-3-12-8-11(10-16)9-15(17-12)18-13-6-4-5-7-14(13)19-2/h4-9H,3,10H2,1-2H3. The van der Waals surface area contributed by atoms with Crippen LogP contribution in [-0.2, 0) is 12.3 Å². The highest BCUT2D eigenvalue weighted by Gasteiger charge is 2.07. The Hall–Kier alpha value is -1.19.